The number of hydrazone groups is 1. The third kappa shape index (κ3) is 6.17. The van der Waals surface area contributed by atoms with Gasteiger partial charge in [-0.2, -0.15) is 5.10 Å². The van der Waals surface area contributed by atoms with E-state index < -0.39 is 22.5 Å². The number of ether oxygens (including phenoxy) is 1. The highest BCUT2D eigenvalue weighted by atomic mass is 32.2. The Kier molecular flexibility index (Phi) is 7.78. The van der Waals surface area contributed by atoms with Gasteiger partial charge in [0.25, 0.3) is 15.9 Å². The Balaban J connectivity index is 1.83. The second-order valence-corrected chi connectivity index (χ2v) is 8.85. The Morgan fingerprint density at radius 2 is 1.64 bits per heavy atom. The molecule has 172 valence electrons. The minimum Gasteiger partial charge on any atom is -0.494 e. The fraction of sp³-hybridized carbons (Fsp3) is 0.167. The van der Waals surface area contributed by atoms with Crippen molar-refractivity contribution in [3.63, 3.8) is 0 Å². The van der Waals surface area contributed by atoms with E-state index in [0.717, 1.165) is 4.31 Å². The van der Waals surface area contributed by atoms with Crippen LogP contribution in [0.1, 0.15) is 19.4 Å². The van der Waals surface area contributed by atoms with Crippen LogP contribution in [0.5, 0.6) is 5.75 Å². The predicted molar refractivity (Wildman–Crippen MR) is 125 cm³/mol. The van der Waals surface area contributed by atoms with Gasteiger partial charge in [-0.25, -0.2) is 18.2 Å². The van der Waals surface area contributed by atoms with Crippen molar-refractivity contribution in [1.29, 1.82) is 0 Å². The van der Waals surface area contributed by atoms with Crippen molar-refractivity contribution < 1.29 is 22.3 Å². The number of nitrogens with one attached hydrogen (secondary N) is 1. The van der Waals surface area contributed by atoms with Gasteiger partial charge in [0.1, 0.15) is 18.1 Å². The molecule has 9 heteroatoms. The van der Waals surface area contributed by atoms with Crippen LogP contribution in [0, 0.1) is 5.82 Å². The Morgan fingerprint density at radius 1 is 1.00 bits per heavy atom. The lowest BCUT2D eigenvalue weighted by atomic mass is 10.1. The first-order valence-corrected chi connectivity index (χ1v) is 11.6. The van der Waals surface area contributed by atoms with Gasteiger partial charge < -0.3 is 4.74 Å². The third-order valence-electron chi connectivity index (χ3n) is 4.66. The van der Waals surface area contributed by atoms with Crippen molar-refractivity contribution in [1.82, 2.24) is 5.43 Å². The van der Waals surface area contributed by atoms with Gasteiger partial charge in [0.05, 0.1) is 22.9 Å². The number of amides is 1. The minimum absolute atomic E-state index is 0.0219. The molecule has 0 saturated carbocycles. The van der Waals surface area contributed by atoms with Crippen LogP contribution in [-0.4, -0.2) is 33.2 Å². The van der Waals surface area contributed by atoms with E-state index in [9.17, 15) is 17.6 Å². The van der Waals surface area contributed by atoms with Crippen LogP contribution in [-0.2, 0) is 14.8 Å². The Morgan fingerprint density at radius 3 is 2.24 bits per heavy atom. The number of halogens is 1. The van der Waals surface area contributed by atoms with Gasteiger partial charge in [-0.05, 0) is 67.9 Å². The van der Waals surface area contributed by atoms with E-state index in [0.29, 0.717) is 29.3 Å². The molecule has 0 radical (unpaired) electrons. The molecule has 0 unspecified atom stereocenters. The van der Waals surface area contributed by atoms with Crippen molar-refractivity contribution in [2.45, 2.75) is 18.7 Å². The lowest BCUT2D eigenvalue weighted by Crippen LogP contribution is -2.39. The van der Waals surface area contributed by atoms with Crippen LogP contribution in [0.15, 0.2) is 88.9 Å². The number of nitrogens with zero attached hydrogens (tertiary/aromatic N) is 2. The predicted octanol–water partition coefficient (Wildman–Crippen LogP) is 3.96. The normalized spacial score (nSPS) is 11.7. The number of rotatable bonds is 9. The van der Waals surface area contributed by atoms with Crippen LogP contribution in [0.4, 0.5) is 10.1 Å². The van der Waals surface area contributed by atoms with Crippen molar-refractivity contribution >= 4 is 27.3 Å². The Labute approximate surface area is 192 Å². The average Bonchev–Trinajstić information content (AvgIpc) is 2.82. The van der Waals surface area contributed by atoms with Gasteiger partial charge in [-0.3, -0.25) is 9.10 Å². The molecule has 3 rings (SSSR count). The zero-order chi connectivity index (χ0) is 23.8. The van der Waals surface area contributed by atoms with Gasteiger partial charge in [0, 0.05) is 0 Å². The molecule has 3 aromatic carbocycles. The van der Waals surface area contributed by atoms with Crippen molar-refractivity contribution in [3.8, 4) is 5.75 Å². The van der Waals surface area contributed by atoms with Crippen LogP contribution < -0.4 is 14.5 Å². The highest BCUT2D eigenvalue weighted by Crippen LogP contribution is 2.25. The number of hydrogen-bond donors (Lipinski definition) is 1. The van der Waals surface area contributed by atoms with Crippen LogP contribution in [0.2, 0.25) is 0 Å². The van der Waals surface area contributed by atoms with E-state index in [1.807, 2.05) is 6.92 Å². The molecule has 7 nitrogen and oxygen atoms in total. The molecule has 0 atom stereocenters. The first kappa shape index (κ1) is 23.9. The molecule has 0 aliphatic carbocycles. The third-order valence-corrected chi connectivity index (χ3v) is 6.45. The molecule has 33 heavy (non-hydrogen) atoms. The van der Waals surface area contributed by atoms with Gasteiger partial charge in [-0.1, -0.05) is 30.3 Å². The average molecular weight is 470 g/mol. The number of anilines is 1. The Hall–Kier alpha value is -3.72. The first-order valence-electron chi connectivity index (χ1n) is 10.2. The zero-order valence-corrected chi connectivity index (χ0v) is 19.0. The molecule has 1 N–H and O–H groups in total. The van der Waals surface area contributed by atoms with Gasteiger partial charge in [-0.15, -0.1) is 0 Å². The molecule has 0 fully saturated rings. The molecule has 1 amide bonds. The monoisotopic (exact) mass is 469 g/mol. The highest BCUT2D eigenvalue weighted by Gasteiger charge is 2.27. The second kappa shape index (κ2) is 10.7. The quantitative estimate of drug-likeness (QED) is 0.380. The number of carbonyl (C=O) groups excluding carboxylic acids is 1. The minimum atomic E-state index is -4.05. The Bertz CT molecular complexity index is 1210. The van der Waals surface area contributed by atoms with Gasteiger partial charge in [0.15, 0.2) is 0 Å². The van der Waals surface area contributed by atoms with Crippen molar-refractivity contribution in [2.75, 3.05) is 17.5 Å². The molecule has 0 aliphatic rings. The molecule has 0 heterocycles. The van der Waals surface area contributed by atoms with Gasteiger partial charge >= 0.3 is 0 Å². The summed E-state index contributed by atoms with van der Waals surface area (Å²) in [5.41, 5.74) is 3.78. The summed E-state index contributed by atoms with van der Waals surface area (Å²) in [5.74, 6) is -0.463. The number of para-hydroxylation sites is 1. The highest BCUT2D eigenvalue weighted by molar-refractivity contribution is 7.92. The van der Waals surface area contributed by atoms with Crippen molar-refractivity contribution in [3.05, 3.63) is 90.2 Å². The molecule has 3 aromatic rings. The summed E-state index contributed by atoms with van der Waals surface area (Å²) in [5, 5.41) is 4.01. The lowest BCUT2D eigenvalue weighted by Gasteiger charge is -2.23. The largest absolute Gasteiger partial charge is 0.494 e. The summed E-state index contributed by atoms with van der Waals surface area (Å²) in [4.78, 5) is 12.7. The molecule has 0 aliphatic heterocycles. The molecule has 0 bridgehead atoms. The van der Waals surface area contributed by atoms with E-state index in [1.54, 1.807) is 49.4 Å². The van der Waals surface area contributed by atoms with E-state index >= 15 is 0 Å². The van der Waals surface area contributed by atoms with E-state index in [4.69, 9.17) is 4.74 Å². The number of sulfonamides is 1. The first-order chi connectivity index (χ1) is 15.8. The van der Waals surface area contributed by atoms with Crippen LogP contribution in [0.3, 0.4) is 0 Å². The smallest absolute Gasteiger partial charge is 0.264 e. The summed E-state index contributed by atoms with van der Waals surface area (Å²) in [6.45, 7) is 3.46. The maximum absolute atomic E-state index is 13.4. The van der Waals surface area contributed by atoms with Crippen LogP contribution >= 0.6 is 0 Å². The number of carbonyl (C=O) groups is 1. The van der Waals surface area contributed by atoms with Crippen LogP contribution in [0.25, 0.3) is 0 Å². The summed E-state index contributed by atoms with van der Waals surface area (Å²) >= 11 is 0. The van der Waals surface area contributed by atoms with E-state index in [-0.39, 0.29) is 10.7 Å². The summed E-state index contributed by atoms with van der Waals surface area (Å²) < 4.78 is 46.2. The number of benzene rings is 3. The number of hydrogen-bond acceptors (Lipinski definition) is 5. The van der Waals surface area contributed by atoms with Crippen molar-refractivity contribution in [2.24, 2.45) is 5.10 Å². The fourth-order valence-corrected chi connectivity index (χ4v) is 4.40. The maximum Gasteiger partial charge on any atom is 0.264 e. The molecular formula is C24H24FN3O4S. The van der Waals surface area contributed by atoms with Gasteiger partial charge in [0.2, 0.25) is 0 Å². The summed E-state index contributed by atoms with van der Waals surface area (Å²) in [6, 6.07) is 20.0. The zero-order valence-electron chi connectivity index (χ0n) is 18.2. The maximum atomic E-state index is 13.4. The molecule has 0 saturated heterocycles. The second-order valence-electron chi connectivity index (χ2n) is 6.99. The fourth-order valence-electron chi connectivity index (χ4n) is 2.98. The lowest BCUT2D eigenvalue weighted by molar-refractivity contribution is -0.119. The summed E-state index contributed by atoms with van der Waals surface area (Å²) in [7, 11) is -4.05. The summed E-state index contributed by atoms with van der Waals surface area (Å²) in [6.07, 6.45) is 0. The molecule has 0 spiro atoms. The molecule has 0 aromatic heterocycles. The topological polar surface area (TPSA) is 88.1 Å². The van der Waals surface area contributed by atoms with E-state index in [1.165, 1.54) is 36.4 Å². The standard InChI is InChI=1S/C24H24FN3O4S/c1-3-32-22-13-15-23(16-14-22)33(30,31)28(21-7-5-4-6-8-21)17-24(29)27-26-18(2)19-9-11-20(25)12-10-19/h4-16H,3,17H2,1-2H3,(H,27,29). The molecular weight excluding hydrogens is 445 g/mol. The SMILES string of the molecule is CCOc1ccc(S(=O)(=O)N(CC(=O)NN=C(C)c2ccc(F)cc2)c2ccccc2)cc1. The van der Waals surface area contributed by atoms with E-state index in [2.05, 4.69) is 10.5 Å².